The maximum Gasteiger partial charge on any atom is 0.336 e. The molecule has 150 valence electrons. The van der Waals surface area contributed by atoms with Crippen LogP contribution in [-0.2, 0) is 29.3 Å². The molecule has 2 amide bonds. The van der Waals surface area contributed by atoms with Gasteiger partial charge in [-0.3, -0.25) is 14.1 Å². The quantitative estimate of drug-likeness (QED) is 0.308. The highest BCUT2D eigenvalue weighted by Crippen LogP contribution is 2.24. The van der Waals surface area contributed by atoms with Crippen molar-refractivity contribution < 1.29 is 32.2 Å². The molecule has 0 radical (unpaired) electrons. The number of amides is 2. The molecule has 0 bridgehead atoms. The molecule has 1 aliphatic heterocycles. The van der Waals surface area contributed by atoms with E-state index in [4.69, 9.17) is 9.39 Å². The van der Waals surface area contributed by atoms with Gasteiger partial charge in [0.05, 0.1) is 12.3 Å². The Morgan fingerprint density at radius 3 is 2.23 bits per heavy atom. The first-order valence-corrected chi connectivity index (χ1v) is 10.8. The van der Waals surface area contributed by atoms with Crippen LogP contribution in [0.2, 0.25) is 0 Å². The molecule has 26 heavy (non-hydrogen) atoms. The molecule has 1 aliphatic rings. The van der Waals surface area contributed by atoms with Crippen molar-refractivity contribution in [3.63, 3.8) is 0 Å². The van der Waals surface area contributed by atoms with Crippen LogP contribution in [-0.4, -0.2) is 41.1 Å². The van der Waals surface area contributed by atoms with E-state index in [1.54, 1.807) is 0 Å². The molecular weight excluding hydrogens is 362 g/mol. The molecule has 1 heterocycles. The first-order chi connectivity index (χ1) is 12.2. The fourth-order valence-electron chi connectivity index (χ4n) is 2.90. The third-order valence-electron chi connectivity index (χ3n) is 4.50. The predicted molar refractivity (Wildman–Crippen MR) is 94.3 cm³/mol. The minimum Gasteiger partial charge on any atom is -0.330 e. The lowest BCUT2D eigenvalue weighted by atomic mass is 9.95. The third kappa shape index (κ3) is 6.68. The van der Waals surface area contributed by atoms with Gasteiger partial charge in [0.1, 0.15) is 0 Å². The van der Waals surface area contributed by atoms with E-state index in [0.717, 1.165) is 44.9 Å². The number of carbonyl (C=O) groups excluding carboxylic acids is 3. The number of nitrogens with zero attached hydrogens (tertiary/aromatic N) is 1. The van der Waals surface area contributed by atoms with Gasteiger partial charge >= 0.3 is 5.97 Å². The normalized spacial score (nSPS) is 19.0. The second kappa shape index (κ2) is 10.6. The molecule has 0 saturated carbocycles. The zero-order chi connectivity index (χ0) is 19.7. The van der Waals surface area contributed by atoms with Gasteiger partial charge in [0.25, 0.3) is 21.9 Å². The van der Waals surface area contributed by atoms with Crippen molar-refractivity contribution in [1.82, 2.24) is 5.06 Å². The van der Waals surface area contributed by atoms with Crippen molar-refractivity contribution in [3.8, 4) is 0 Å². The largest absolute Gasteiger partial charge is 0.336 e. The Labute approximate surface area is 155 Å². The number of hydrogen-bond donors (Lipinski definition) is 1. The Balaban J connectivity index is 2.66. The molecule has 2 unspecified atom stereocenters. The number of hydrogen-bond acceptors (Lipinski definition) is 6. The van der Waals surface area contributed by atoms with E-state index < -0.39 is 45.5 Å². The van der Waals surface area contributed by atoms with E-state index in [9.17, 15) is 22.8 Å². The highest BCUT2D eigenvalue weighted by Gasteiger charge is 2.48. The van der Waals surface area contributed by atoms with Crippen LogP contribution < -0.4 is 0 Å². The van der Waals surface area contributed by atoms with E-state index in [-0.39, 0.29) is 5.06 Å². The van der Waals surface area contributed by atoms with Gasteiger partial charge in [-0.2, -0.15) is 8.42 Å². The van der Waals surface area contributed by atoms with E-state index in [1.807, 2.05) is 6.92 Å². The Kier molecular flexibility index (Phi) is 9.21. The average molecular weight is 391 g/mol. The van der Waals surface area contributed by atoms with Gasteiger partial charge in [-0.15, -0.1) is 5.06 Å². The smallest absolute Gasteiger partial charge is 0.330 e. The van der Waals surface area contributed by atoms with Crippen LogP contribution in [0, 0.1) is 5.92 Å². The maximum atomic E-state index is 12.4. The number of carbonyl (C=O) groups is 3. The topological polar surface area (TPSA) is 118 Å². The first kappa shape index (κ1) is 22.6. The minimum absolute atomic E-state index is 0.191. The maximum absolute atomic E-state index is 12.4. The molecule has 8 nitrogen and oxygen atoms in total. The average Bonchev–Trinajstić information content (AvgIpc) is 2.85. The van der Waals surface area contributed by atoms with Crippen LogP contribution in [0.5, 0.6) is 0 Å². The second-order valence-corrected chi connectivity index (χ2v) is 8.29. The molecule has 0 aromatic rings. The van der Waals surface area contributed by atoms with E-state index in [0.29, 0.717) is 12.8 Å². The summed E-state index contributed by atoms with van der Waals surface area (Å²) >= 11 is 0. The number of rotatable bonds is 12. The molecule has 0 aliphatic carbocycles. The van der Waals surface area contributed by atoms with Crippen LogP contribution in [0.4, 0.5) is 0 Å². The third-order valence-corrected chi connectivity index (χ3v) is 5.59. The Morgan fingerprint density at radius 2 is 1.69 bits per heavy atom. The zero-order valence-corrected chi connectivity index (χ0v) is 16.3. The summed E-state index contributed by atoms with van der Waals surface area (Å²) in [5, 5.41) is -1.71. The molecule has 0 aromatic heterocycles. The van der Waals surface area contributed by atoms with Crippen molar-refractivity contribution in [2.24, 2.45) is 5.92 Å². The summed E-state index contributed by atoms with van der Waals surface area (Å²) in [7, 11) is -4.71. The summed E-state index contributed by atoms with van der Waals surface area (Å²) in [5.74, 6) is -3.31. The van der Waals surface area contributed by atoms with Crippen molar-refractivity contribution in [2.45, 2.75) is 83.3 Å². The standard InChI is InChI=1S/C17H29NO7S/c1-3-5-7-8-9-11-13(10-6-4-2)17(21)25-18-15(19)12-14(16(18)20)26(22,23)24/h13-14H,3-12H2,1-2H3,(H,22,23,24). The Hall–Kier alpha value is -1.48. The Morgan fingerprint density at radius 1 is 1.12 bits per heavy atom. The van der Waals surface area contributed by atoms with Crippen LogP contribution in [0.3, 0.4) is 0 Å². The second-order valence-electron chi connectivity index (χ2n) is 6.69. The minimum atomic E-state index is -4.71. The van der Waals surface area contributed by atoms with Crippen molar-refractivity contribution in [3.05, 3.63) is 0 Å². The molecule has 2 atom stereocenters. The lowest BCUT2D eigenvalue weighted by molar-refractivity contribution is -0.201. The molecule has 1 rings (SSSR count). The van der Waals surface area contributed by atoms with Gasteiger partial charge in [-0.25, -0.2) is 4.79 Å². The van der Waals surface area contributed by atoms with Gasteiger partial charge in [0, 0.05) is 0 Å². The predicted octanol–water partition coefficient (Wildman–Crippen LogP) is 2.63. The summed E-state index contributed by atoms with van der Waals surface area (Å²) in [6, 6.07) is 0. The molecule has 9 heteroatoms. The SMILES string of the molecule is CCCCCCCC(CCCC)C(=O)ON1C(=O)CC(S(=O)(=O)O)C1=O. The summed E-state index contributed by atoms with van der Waals surface area (Å²) in [6.07, 6.45) is 7.35. The van der Waals surface area contributed by atoms with Crippen molar-refractivity contribution in [2.75, 3.05) is 0 Å². The fraction of sp³-hybridized carbons (Fsp3) is 0.824. The van der Waals surface area contributed by atoms with Gasteiger partial charge in [0.15, 0.2) is 5.25 Å². The number of imide groups is 1. The summed E-state index contributed by atoms with van der Waals surface area (Å²) in [5.41, 5.74) is 0. The number of hydroxylamine groups is 2. The van der Waals surface area contributed by atoms with Gasteiger partial charge < -0.3 is 4.84 Å². The Bertz CT molecular complexity index is 602. The summed E-state index contributed by atoms with van der Waals surface area (Å²) in [4.78, 5) is 41.1. The molecule has 0 spiro atoms. The van der Waals surface area contributed by atoms with E-state index in [2.05, 4.69) is 6.92 Å². The van der Waals surface area contributed by atoms with E-state index >= 15 is 0 Å². The molecule has 1 N–H and O–H groups in total. The number of unbranched alkanes of at least 4 members (excludes halogenated alkanes) is 5. The van der Waals surface area contributed by atoms with E-state index in [1.165, 1.54) is 0 Å². The first-order valence-electron chi connectivity index (χ1n) is 9.27. The molecule has 1 saturated heterocycles. The molecule has 0 aromatic carbocycles. The monoisotopic (exact) mass is 391 g/mol. The van der Waals surface area contributed by atoms with Crippen LogP contribution in [0.15, 0.2) is 0 Å². The van der Waals surface area contributed by atoms with Crippen LogP contribution in [0.25, 0.3) is 0 Å². The van der Waals surface area contributed by atoms with Gasteiger partial charge in [-0.05, 0) is 12.8 Å². The van der Waals surface area contributed by atoms with Crippen LogP contribution in [0.1, 0.15) is 78.1 Å². The van der Waals surface area contributed by atoms with Gasteiger partial charge in [0.2, 0.25) is 0 Å². The zero-order valence-electron chi connectivity index (χ0n) is 15.5. The van der Waals surface area contributed by atoms with Crippen molar-refractivity contribution in [1.29, 1.82) is 0 Å². The highest BCUT2D eigenvalue weighted by molar-refractivity contribution is 7.87. The van der Waals surface area contributed by atoms with Crippen LogP contribution >= 0.6 is 0 Å². The van der Waals surface area contributed by atoms with Gasteiger partial charge in [-0.1, -0.05) is 58.8 Å². The van der Waals surface area contributed by atoms with Crippen molar-refractivity contribution >= 4 is 27.9 Å². The molecule has 1 fully saturated rings. The highest BCUT2D eigenvalue weighted by atomic mass is 32.2. The molecular formula is C17H29NO7S. The summed E-state index contributed by atoms with van der Waals surface area (Å²) in [6.45, 7) is 4.11. The summed E-state index contributed by atoms with van der Waals surface area (Å²) < 4.78 is 31.3. The lowest BCUT2D eigenvalue weighted by Gasteiger charge is -2.19. The lowest BCUT2D eigenvalue weighted by Crippen LogP contribution is -2.38. The fourth-order valence-corrected chi connectivity index (χ4v) is 3.60.